The molecule has 4 nitrogen and oxygen atoms in total. The van der Waals surface area contributed by atoms with E-state index in [9.17, 15) is 5.26 Å². The van der Waals surface area contributed by atoms with Crippen molar-refractivity contribution in [2.45, 2.75) is 58.3 Å². The van der Waals surface area contributed by atoms with Gasteiger partial charge in [0, 0.05) is 22.1 Å². The van der Waals surface area contributed by atoms with Gasteiger partial charge in [-0.05, 0) is 108 Å². The quantitative estimate of drug-likeness (QED) is 0.191. The first-order chi connectivity index (χ1) is 23.4. The van der Waals surface area contributed by atoms with Crippen molar-refractivity contribution in [2.75, 3.05) is 0 Å². The van der Waals surface area contributed by atoms with Gasteiger partial charge in [-0.15, -0.1) is 0 Å². The molecule has 0 spiro atoms. The van der Waals surface area contributed by atoms with Gasteiger partial charge in [0.15, 0.2) is 17.5 Å². The molecule has 4 heteroatoms. The highest BCUT2D eigenvalue weighted by molar-refractivity contribution is 5.91. The largest absolute Gasteiger partial charge is 0.208 e. The molecule has 0 saturated heterocycles. The van der Waals surface area contributed by atoms with Crippen molar-refractivity contribution < 1.29 is 0 Å². The number of benzene rings is 5. The molecule has 0 N–H and O–H groups in total. The zero-order valence-corrected chi connectivity index (χ0v) is 27.9. The molecule has 0 amide bonds. The summed E-state index contributed by atoms with van der Waals surface area (Å²) in [4.78, 5) is 15.2. The molecule has 48 heavy (non-hydrogen) atoms. The maximum Gasteiger partial charge on any atom is 0.164 e. The minimum absolute atomic E-state index is 0.271. The number of hydrogen-bond donors (Lipinski definition) is 0. The maximum atomic E-state index is 9.83. The molecule has 2 aliphatic carbocycles. The number of nitrogens with zero attached hydrogens (tertiary/aromatic N) is 4. The van der Waals surface area contributed by atoms with Crippen LogP contribution >= 0.6 is 0 Å². The molecule has 236 valence electrons. The molecule has 1 aromatic heterocycles. The van der Waals surface area contributed by atoms with Crippen molar-refractivity contribution in [3.63, 3.8) is 0 Å². The first kappa shape index (κ1) is 30.2. The summed E-state index contributed by atoms with van der Waals surface area (Å²) >= 11 is 0. The van der Waals surface area contributed by atoms with E-state index >= 15 is 0 Å². The van der Waals surface area contributed by atoms with Crippen LogP contribution in [-0.2, 0) is 5.41 Å². The maximum absolute atomic E-state index is 9.83. The Hall–Kier alpha value is -5.14. The lowest BCUT2D eigenvalue weighted by Gasteiger charge is -2.50. The lowest BCUT2D eigenvalue weighted by Crippen LogP contribution is -2.42. The molecule has 8 rings (SSSR count). The first-order valence-corrected chi connectivity index (χ1v) is 17.3. The normalized spacial score (nSPS) is 21.9. The Bertz CT molecular complexity index is 2170. The summed E-state index contributed by atoms with van der Waals surface area (Å²) in [6.07, 6.45) is 6.60. The Morgan fingerprint density at radius 2 is 1.25 bits per heavy atom. The van der Waals surface area contributed by atoms with Gasteiger partial charge in [-0.2, -0.15) is 5.26 Å². The van der Waals surface area contributed by atoms with Gasteiger partial charge in [-0.3, -0.25) is 0 Å². The number of hydrogen-bond acceptors (Lipinski definition) is 4. The molecule has 1 heterocycles. The van der Waals surface area contributed by atoms with Gasteiger partial charge >= 0.3 is 0 Å². The van der Waals surface area contributed by atoms with Gasteiger partial charge in [0.25, 0.3) is 0 Å². The average molecular weight is 625 g/mol. The Balaban J connectivity index is 1.24. The number of fused-ring (bicyclic) bond motifs is 3. The van der Waals surface area contributed by atoms with E-state index in [4.69, 9.17) is 15.0 Å². The van der Waals surface area contributed by atoms with Gasteiger partial charge in [0.05, 0.1) is 11.6 Å². The third-order valence-corrected chi connectivity index (χ3v) is 10.9. The van der Waals surface area contributed by atoms with E-state index in [0.29, 0.717) is 23.0 Å². The monoisotopic (exact) mass is 624 g/mol. The Morgan fingerprint density at radius 3 is 1.96 bits per heavy atom. The van der Waals surface area contributed by atoms with Gasteiger partial charge in [-0.25, -0.2) is 15.0 Å². The molecule has 6 aromatic rings. The van der Waals surface area contributed by atoms with E-state index in [1.807, 2.05) is 36.4 Å². The SMILES string of the molecule is Cc1ccccc1-c1cccc(-c2nc(-c3ccc(C45CC(C[C@@H](C)C4)C[C@H](C)C5)cc3)nc(-c3ccc4cccc(C#N)c4c3)n2)c1. The molecule has 2 aliphatic rings. The third-order valence-electron chi connectivity index (χ3n) is 10.9. The van der Waals surface area contributed by atoms with Crippen molar-refractivity contribution in [3.8, 4) is 51.4 Å². The van der Waals surface area contributed by atoms with Gasteiger partial charge in [0.1, 0.15) is 0 Å². The number of aromatic nitrogens is 3. The Kier molecular flexibility index (Phi) is 7.64. The highest BCUT2D eigenvalue weighted by Gasteiger charge is 2.45. The van der Waals surface area contributed by atoms with Crippen LogP contribution in [0.2, 0.25) is 0 Å². The predicted octanol–water partition coefficient (Wildman–Crippen LogP) is 11.0. The lowest BCUT2D eigenvalue weighted by molar-refractivity contribution is 0.0780. The number of nitriles is 1. The van der Waals surface area contributed by atoms with Crippen LogP contribution in [0.25, 0.3) is 56.1 Å². The van der Waals surface area contributed by atoms with Crippen LogP contribution in [0, 0.1) is 36.0 Å². The van der Waals surface area contributed by atoms with E-state index < -0.39 is 0 Å². The van der Waals surface area contributed by atoms with Gasteiger partial charge in [-0.1, -0.05) is 105 Å². The van der Waals surface area contributed by atoms with Crippen molar-refractivity contribution in [3.05, 3.63) is 126 Å². The fourth-order valence-electron chi connectivity index (χ4n) is 9.03. The van der Waals surface area contributed by atoms with E-state index in [1.54, 1.807) is 0 Å². The summed E-state index contributed by atoms with van der Waals surface area (Å²) in [5.74, 6) is 4.25. The smallest absolute Gasteiger partial charge is 0.164 e. The zero-order valence-electron chi connectivity index (χ0n) is 27.9. The molecule has 0 radical (unpaired) electrons. The molecule has 2 bridgehead atoms. The summed E-state index contributed by atoms with van der Waals surface area (Å²) in [6, 6.07) is 40.3. The highest BCUT2D eigenvalue weighted by Crippen LogP contribution is 2.54. The Morgan fingerprint density at radius 1 is 0.625 bits per heavy atom. The second kappa shape index (κ2) is 12.1. The average Bonchev–Trinajstić information content (AvgIpc) is 3.10. The molecule has 2 saturated carbocycles. The van der Waals surface area contributed by atoms with Gasteiger partial charge in [0.2, 0.25) is 0 Å². The second-order valence-electron chi connectivity index (χ2n) is 14.6. The molecule has 4 atom stereocenters. The van der Waals surface area contributed by atoms with Gasteiger partial charge < -0.3 is 0 Å². The topological polar surface area (TPSA) is 62.5 Å². The van der Waals surface area contributed by atoms with E-state index in [2.05, 4.69) is 99.6 Å². The summed E-state index contributed by atoms with van der Waals surface area (Å²) in [6.45, 7) is 7.03. The zero-order chi connectivity index (χ0) is 32.8. The minimum Gasteiger partial charge on any atom is -0.208 e. The summed E-state index contributed by atoms with van der Waals surface area (Å²) in [7, 11) is 0. The van der Waals surface area contributed by atoms with Crippen LogP contribution in [0.3, 0.4) is 0 Å². The van der Waals surface area contributed by atoms with Crippen molar-refractivity contribution in [1.29, 1.82) is 5.26 Å². The number of aryl methyl sites for hydroxylation is 1. The van der Waals surface area contributed by atoms with Crippen molar-refractivity contribution in [2.24, 2.45) is 17.8 Å². The van der Waals surface area contributed by atoms with E-state index in [1.165, 1.54) is 48.8 Å². The first-order valence-electron chi connectivity index (χ1n) is 17.3. The summed E-state index contributed by atoms with van der Waals surface area (Å²) < 4.78 is 0. The summed E-state index contributed by atoms with van der Waals surface area (Å²) in [5.41, 5.74) is 8.71. The molecule has 2 fully saturated rings. The summed E-state index contributed by atoms with van der Waals surface area (Å²) in [5, 5.41) is 11.7. The molecular weight excluding hydrogens is 585 g/mol. The molecule has 2 unspecified atom stereocenters. The highest BCUT2D eigenvalue weighted by atomic mass is 15.0. The van der Waals surface area contributed by atoms with Crippen LogP contribution in [0.1, 0.15) is 62.6 Å². The third kappa shape index (κ3) is 5.58. The van der Waals surface area contributed by atoms with Crippen LogP contribution in [-0.4, -0.2) is 15.0 Å². The fraction of sp³-hybridized carbons (Fsp3) is 0.273. The second-order valence-corrected chi connectivity index (χ2v) is 14.6. The van der Waals surface area contributed by atoms with Crippen LogP contribution in [0.4, 0.5) is 0 Å². The van der Waals surface area contributed by atoms with Crippen LogP contribution in [0.15, 0.2) is 109 Å². The van der Waals surface area contributed by atoms with E-state index in [-0.39, 0.29) is 5.41 Å². The Labute approximate surface area is 283 Å². The molecule has 0 aliphatic heterocycles. The lowest BCUT2D eigenvalue weighted by atomic mass is 9.54. The predicted molar refractivity (Wildman–Crippen MR) is 195 cm³/mol. The number of rotatable bonds is 5. The minimum atomic E-state index is 0.271. The van der Waals surface area contributed by atoms with Crippen molar-refractivity contribution >= 4 is 10.8 Å². The molecular formula is C44H40N4. The standard InChI is InChI=1S/C44H40N4/c1-28-20-31-21-29(2)25-44(24-28,26-31)38-18-16-33(17-19-38)41-46-42(35-11-7-10-34(22-35)39-13-5-4-8-30(39)3)48-43(47-41)36-15-14-32-9-6-12-37(27-45)40(32)23-36/h4-19,22-23,28-29,31H,20-21,24-26H2,1-3H3/t28-,29+,31?,44?. The van der Waals surface area contributed by atoms with Crippen LogP contribution in [0.5, 0.6) is 0 Å². The fourth-order valence-corrected chi connectivity index (χ4v) is 9.03. The molecule has 5 aromatic carbocycles. The van der Waals surface area contributed by atoms with Crippen LogP contribution < -0.4 is 0 Å². The van der Waals surface area contributed by atoms with Crippen molar-refractivity contribution in [1.82, 2.24) is 15.0 Å². The van der Waals surface area contributed by atoms with E-state index in [0.717, 1.165) is 50.8 Å².